The van der Waals surface area contributed by atoms with Crippen LogP contribution in [-0.4, -0.2) is 58.7 Å². The monoisotopic (exact) mass is 665 g/mol. The van der Waals surface area contributed by atoms with Gasteiger partial charge in [0.05, 0.1) is 16.7 Å². The van der Waals surface area contributed by atoms with Gasteiger partial charge in [-0.1, -0.05) is 18.2 Å². The Bertz CT molecular complexity index is 1630. The molecule has 2 aromatic carbocycles. The van der Waals surface area contributed by atoms with Crippen LogP contribution in [0.3, 0.4) is 0 Å². The van der Waals surface area contributed by atoms with Crippen molar-refractivity contribution in [3.05, 3.63) is 70.4 Å². The molecule has 4 N–H and O–H groups in total. The molecule has 46 heavy (non-hydrogen) atoms. The Morgan fingerprint density at radius 2 is 1.57 bits per heavy atom. The molecular formula is C28H24F9N5O4. The number of aromatic nitrogens is 1. The minimum absolute atomic E-state index is 0.139. The number of carbonyl (C=O) groups excluding carboxylic acids is 4. The zero-order valence-corrected chi connectivity index (χ0v) is 23.5. The molecule has 0 aliphatic carbocycles. The van der Waals surface area contributed by atoms with Crippen LogP contribution in [0.1, 0.15) is 34.7 Å². The molecule has 1 aliphatic rings. The second kappa shape index (κ2) is 12.6. The van der Waals surface area contributed by atoms with E-state index in [9.17, 15) is 58.7 Å². The van der Waals surface area contributed by atoms with Gasteiger partial charge in [0, 0.05) is 30.1 Å². The molecule has 2 unspecified atom stereocenters. The van der Waals surface area contributed by atoms with E-state index < -0.39 is 96.1 Å². The van der Waals surface area contributed by atoms with E-state index in [0.717, 1.165) is 4.90 Å². The second-order valence-corrected chi connectivity index (χ2v) is 10.4. The van der Waals surface area contributed by atoms with E-state index in [4.69, 9.17) is 0 Å². The summed E-state index contributed by atoms with van der Waals surface area (Å²) in [5, 5.41) is 7.42. The Balaban J connectivity index is 1.62. The van der Waals surface area contributed by atoms with E-state index in [-0.39, 0.29) is 18.6 Å². The van der Waals surface area contributed by atoms with E-state index >= 15 is 0 Å². The third kappa shape index (κ3) is 7.71. The van der Waals surface area contributed by atoms with E-state index in [0.29, 0.717) is 16.5 Å². The summed E-state index contributed by atoms with van der Waals surface area (Å²) >= 11 is 0. The van der Waals surface area contributed by atoms with E-state index in [2.05, 4.69) is 20.9 Å². The van der Waals surface area contributed by atoms with Crippen LogP contribution < -0.4 is 16.0 Å². The Kier molecular flexibility index (Phi) is 9.31. The van der Waals surface area contributed by atoms with Crippen molar-refractivity contribution < 1.29 is 58.7 Å². The lowest BCUT2D eigenvalue weighted by Gasteiger charge is -2.30. The summed E-state index contributed by atoms with van der Waals surface area (Å²) in [7, 11) is 0. The minimum Gasteiger partial charge on any atom is -0.361 e. The third-order valence-corrected chi connectivity index (χ3v) is 7.04. The average molecular weight is 666 g/mol. The fraction of sp³-hybridized carbons (Fsp3) is 0.357. The summed E-state index contributed by atoms with van der Waals surface area (Å²) in [6.45, 7) is -0.831. The summed E-state index contributed by atoms with van der Waals surface area (Å²) in [6.07, 6.45) is -16.5. The molecule has 9 nitrogen and oxygen atoms in total. The van der Waals surface area contributed by atoms with Crippen molar-refractivity contribution in [2.75, 3.05) is 13.1 Å². The quantitative estimate of drug-likeness (QED) is 0.273. The molecule has 0 saturated carbocycles. The number of rotatable bonds is 8. The fourth-order valence-corrected chi connectivity index (χ4v) is 5.02. The summed E-state index contributed by atoms with van der Waals surface area (Å²) in [6, 6.07) is 3.99. The van der Waals surface area contributed by atoms with Crippen molar-refractivity contribution in [3.63, 3.8) is 0 Å². The van der Waals surface area contributed by atoms with Crippen LogP contribution in [0.2, 0.25) is 0 Å². The van der Waals surface area contributed by atoms with Gasteiger partial charge in [0.15, 0.2) is 0 Å². The number of alkyl halides is 9. The van der Waals surface area contributed by atoms with Gasteiger partial charge in [0.25, 0.3) is 0 Å². The summed E-state index contributed by atoms with van der Waals surface area (Å²) in [5.41, 5.74) is -7.95. The minimum atomic E-state index is -6.01. The molecule has 1 fully saturated rings. The first-order valence-corrected chi connectivity index (χ1v) is 13.3. The summed E-state index contributed by atoms with van der Waals surface area (Å²) in [5.74, 6) is -3.20. The largest absolute Gasteiger partial charge is 0.417 e. The van der Waals surface area contributed by atoms with Gasteiger partial charge in [-0.05, 0) is 36.2 Å². The standard InChI is InChI=1S/C28H24F9N5O4/c1-13-25(46)42(11-21(43)40-13)12-22(44)41-20(8-15-10-38-19-5-3-2-4-16(15)19)24(45)39-9-14-6-17(26(29,30)31)23(28(35,36)37)18(7-14)27(32,33)34/h2-7,10,13,20,38H,8-9,11-12H2,1H3,(H,39,45)(H,40,43)(H,41,44). The Labute approximate surface area is 253 Å². The second-order valence-electron chi connectivity index (χ2n) is 10.4. The third-order valence-electron chi connectivity index (χ3n) is 7.04. The lowest BCUT2D eigenvalue weighted by molar-refractivity contribution is -0.174. The predicted molar refractivity (Wildman–Crippen MR) is 141 cm³/mol. The van der Waals surface area contributed by atoms with Crippen LogP contribution in [0.15, 0.2) is 42.6 Å². The molecule has 1 aliphatic heterocycles. The highest BCUT2D eigenvalue weighted by Gasteiger charge is 2.50. The number of nitrogens with one attached hydrogen (secondary N) is 4. The van der Waals surface area contributed by atoms with Crippen molar-refractivity contribution in [1.29, 1.82) is 0 Å². The molecule has 0 bridgehead atoms. The van der Waals surface area contributed by atoms with Crippen LogP contribution in [0, 0.1) is 0 Å². The number of amides is 4. The first-order chi connectivity index (χ1) is 21.3. The predicted octanol–water partition coefficient (Wildman–Crippen LogP) is 3.91. The summed E-state index contributed by atoms with van der Waals surface area (Å²) in [4.78, 5) is 54.2. The number of carbonyl (C=O) groups is 4. The molecule has 0 radical (unpaired) electrons. The van der Waals surface area contributed by atoms with Crippen LogP contribution in [0.4, 0.5) is 39.5 Å². The highest BCUT2D eigenvalue weighted by molar-refractivity contribution is 5.97. The summed E-state index contributed by atoms with van der Waals surface area (Å²) < 4.78 is 122. The van der Waals surface area contributed by atoms with Crippen molar-refractivity contribution in [2.24, 2.45) is 0 Å². The number of piperazine rings is 1. The molecule has 18 heteroatoms. The van der Waals surface area contributed by atoms with Gasteiger partial charge in [0.2, 0.25) is 23.6 Å². The Hall–Kier alpha value is -4.77. The smallest absolute Gasteiger partial charge is 0.361 e. The number of halogens is 9. The Morgan fingerprint density at radius 3 is 2.15 bits per heavy atom. The van der Waals surface area contributed by atoms with Crippen LogP contribution >= 0.6 is 0 Å². The molecule has 0 spiro atoms. The molecule has 4 rings (SSSR count). The van der Waals surface area contributed by atoms with Crippen LogP contribution in [-0.2, 0) is 50.7 Å². The van der Waals surface area contributed by atoms with E-state index in [1.165, 1.54) is 13.1 Å². The number of hydrogen-bond donors (Lipinski definition) is 4. The number of hydrogen-bond acceptors (Lipinski definition) is 4. The van der Waals surface area contributed by atoms with E-state index in [1.807, 2.05) is 0 Å². The molecule has 3 aromatic rings. The van der Waals surface area contributed by atoms with Gasteiger partial charge in [0.1, 0.15) is 25.2 Å². The highest BCUT2D eigenvalue weighted by Crippen LogP contribution is 2.47. The average Bonchev–Trinajstić information content (AvgIpc) is 3.34. The zero-order chi connectivity index (χ0) is 34.2. The van der Waals surface area contributed by atoms with Gasteiger partial charge in [-0.25, -0.2) is 0 Å². The fourth-order valence-electron chi connectivity index (χ4n) is 5.02. The molecule has 248 valence electrons. The van der Waals surface area contributed by atoms with Crippen LogP contribution in [0.5, 0.6) is 0 Å². The lowest BCUT2D eigenvalue weighted by atomic mass is 9.95. The van der Waals surface area contributed by atoms with Crippen molar-refractivity contribution in [1.82, 2.24) is 25.8 Å². The van der Waals surface area contributed by atoms with E-state index in [1.54, 1.807) is 24.3 Å². The number of para-hydroxylation sites is 1. The first-order valence-electron chi connectivity index (χ1n) is 13.3. The van der Waals surface area contributed by atoms with Gasteiger partial charge in [-0.2, -0.15) is 39.5 Å². The number of nitrogens with zero attached hydrogens (tertiary/aromatic N) is 1. The van der Waals surface area contributed by atoms with Gasteiger partial charge in [-0.3, -0.25) is 19.2 Å². The van der Waals surface area contributed by atoms with Gasteiger partial charge in [-0.15, -0.1) is 0 Å². The lowest BCUT2D eigenvalue weighted by Crippen LogP contribution is -2.59. The number of benzene rings is 2. The molecule has 1 aromatic heterocycles. The Morgan fingerprint density at radius 1 is 0.957 bits per heavy atom. The number of H-pyrrole nitrogens is 1. The normalized spacial score (nSPS) is 16.7. The maximum Gasteiger partial charge on any atom is 0.417 e. The molecular weight excluding hydrogens is 641 g/mol. The van der Waals surface area contributed by atoms with Crippen molar-refractivity contribution >= 4 is 34.5 Å². The maximum absolute atomic E-state index is 13.5. The maximum atomic E-state index is 13.5. The van der Waals surface area contributed by atoms with Crippen molar-refractivity contribution in [3.8, 4) is 0 Å². The topological polar surface area (TPSA) is 123 Å². The number of fused-ring (bicyclic) bond motifs is 1. The van der Waals surface area contributed by atoms with Gasteiger partial charge >= 0.3 is 18.5 Å². The molecule has 2 atom stereocenters. The SMILES string of the molecule is CC1NC(=O)CN(CC(=O)NC(Cc2c[nH]c3ccccc23)C(=O)NCc2cc(C(F)(F)F)c(C(F)(F)F)c(C(F)(F)F)c2)C1=O. The molecule has 1 saturated heterocycles. The van der Waals surface area contributed by atoms with Gasteiger partial charge < -0.3 is 25.8 Å². The molecule has 4 amide bonds. The highest BCUT2D eigenvalue weighted by atomic mass is 19.4. The zero-order valence-electron chi connectivity index (χ0n) is 23.5. The number of aromatic amines is 1. The molecule has 2 heterocycles. The van der Waals surface area contributed by atoms with Crippen molar-refractivity contribution in [2.45, 2.75) is 50.5 Å². The first kappa shape index (κ1) is 34.1. The van der Waals surface area contributed by atoms with Crippen LogP contribution in [0.25, 0.3) is 10.9 Å².